The average Bonchev–Trinajstić information content (AvgIpc) is 2.84. The van der Waals surface area contributed by atoms with Crippen molar-refractivity contribution in [1.29, 1.82) is 0 Å². The zero-order valence-electron chi connectivity index (χ0n) is 10.7. The molecular weight excluding hydrogens is 299 g/mol. The molecule has 0 radical (unpaired) electrons. The second-order valence-electron chi connectivity index (χ2n) is 3.95. The molecule has 0 N–H and O–H groups in total. The summed E-state index contributed by atoms with van der Waals surface area (Å²) in [5.74, 6) is 0.762. The van der Waals surface area contributed by atoms with Crippen molar-refractivity contribution in [3.05, 3.63) is 52.2 Å². The number of carbonyl (C=O) groups is 1. The van der Waals surface area contributed by atoms with Gasteiger partial charge in [-0.05, 0) is 43.3 Å². The van der Waals surface area contributed by atoms with E-state index >= 15 is 0 Å². The summed E-state index contributed by atoms with van der Waals surface area (Å²) >= 11 is 11.9. The largest absolute Gasteiger partial charge is 0.463 e. The van der Waals surface area contributed by atoms with E-state index < -0.39 is 5.97 Å². The Hall–Kier alpha value is -1.71. The predicted molar refractivity (Wildman–Crippen MR) is 79.8 cm³/mol. The molecule has 0 fully saturated rings. The fourth-order valence-corrected chi connectivity index (χ4v) is 2.16. The smallest absolute Gasteiger partial charge is 0.330 e. The van der Waals surface area contributed by atoms with Crippen LogP contribution in [0.3, 0.4) is 0 Å². The first-order valence-corrected chi connectivity index (χ1v) is 6.75. The van der Waals surface area contributed by atoms with E-state index in [9.17, 15) is 4.79 Å². The lowest BCUT2D eigenvalue weighted by Crippen LogP contribution is -1.98. The Morgan fingerprint density at radius 1 is 1.25 bits per heavy atom. The molecule has 3 nitrogen and oxygen atoms in total. The maximum Gasteiger partial charge on any atom is 0.330 e. The monoisotopic (exact) mass is 310 g/mol. The maximum atomic E-state index is 11.2. The van der Waals surface area contributed by atoms with Crippen LogP contribution >= 0.6 is 23.2 Å². The van der Waals surface area contributed by atoms with Crippen LogP contribution in [0.5, 0.6) is 0 Å². The number of hydrogen-bond donors (Lipinski definition) is 0. The lowest BCUT2D eigenvalue weighted by atomic mass is 10.2. The average molecular weight is 311 g/mol. The molecule has 0 saturated heterocycles. The quantitative estimate of drug-likeness (QED) is 0.600. The second kappa shape index (κ2) is 6.64. The second-order valence-corrected chi connectivity index (χ2v) is 4.82. The van der Waals surface area contributed by atoms with Crippen LogP contribution in [0.1, 0.15) is 12.7 Å². The lowest BCUT2D eigenvalue weighted by Gasteiger charge is -1.99. The van der Waals surface area contributed by atoms with Crippen molar-refractivity contribution in [3.8, 4) is 11.3 Å². The Morgan fingerprint density at radius 2 is 1.95 bits per heavy atom. The number of rotatable bonds is 4. The van der Waals surface area contributed by atoms with Gasteiger partial charge in [-0.15, -0.1) is 0 Å². The SMILES string of the molecule is CCOC(=O)/C=C/c1ccc(-c2cc(Cl)cc(Cl)c2)o1. The number of hydrogen-bond acceptors (Lipinski definition) is 3. The first-order valence-electron chi connectivity index (χ1n) is 5.99. The molecule has 5 heteroatoms. The van der Waals surface area contributed by atoms with E-state index in [-0.39, 0.29) is 0 Å². The summed E-state index contributed by atoms with van der Waals surface area (Å²) in [6.07, 6.45) is 2.87. The highest BCUT2D eigenvalue weighted by Gasteiger charge is 2.06. The van der Waals surface area contributed by atoms with Crippen molar-refractivity contribution in [2.75, 3.05) is 6.61 Å². The predicted octanol–water partition coefficient (Wildman–Crippen LogP) is 4.83. The van der Waals surface area contributed by atoms with Gasteiger partial charge in [-0.2, -0.15) is 0 Å². The fourth-order valence-electron chi connectivity index (χ4n) is 1.63. The Kier molecular flexibility index (Phi) is 4.88. The number of ether oxygens (including phenoxy) is 1. The lowest BCUT2D eigenvalue weighted by molar-refractivity contribution is -0.137. The third-order valence-electron chi connectivity index (χ3n) is 2.44. The molecule has 104 valence electrons. The summed E-state index contributed by atoms with van der Waals surface area (Å²) in [6.45, 7) is 2.09. The van der Waals surface area contributed by atoms with Gasteiger partial charge in [0.05, 0.1) is 6.61 Å². The van der Waals surface area contributed by atoms with Crippen molar-refractivity contribution >= 4 is 35.2 Å². The van der Waals surface area contributed by atoms with Crippen molar-refractivity contribution < 1.29 is 13.9 Å². The van der Waals surface area contributed by atoms with Crippen LogP contribution < -0.4 is 0 Å². The van der Waals surface area contributed by atoms with Gasteiger partial charge in [0.15, 0.2) is 0 Å². The Bertz CT molecular complexity index is 624. The molecule has 0 atom stereocenters. The van der Waals surface area contributed by atoms with Gasteiger partial charge in [-0.25, -0.2) is 4.79 Å². The molecule has 1 heterocycles. The number of benzene rings is 1. The van der Waals surface area contributed by atoms with E-state index in [0.29, 0.717) is 28.2 Å². The van der Waals surface area contributed by atoms with Crippen LogP contribution in [0.2, 0.25) is 10.0 Å². The van der Waals surface area contributed by atoms with Crippen molar-refractivity contribution in [1.82, 2.24) is 0 Å². The van der Waals surface area contributed by atoms with E-state index in [2.05, 4.69) is 0 Å². The maximum absolute atomic E-state index is 11.2. The van der Waals surface area contributed by atoms with Crippen molar-refractivity contribution in [3.63, 3.8) is 0 Å². The normalized spacial score (nSPS) is 10.9. The number of furan rings is 1. The van der Waals surface area contributed by atoms with Crippen molar-refractivity contribution in [2.45, 2.75) is 6.92 Å². The van der Waals surface area contributed by atoms with Gasteiger partial charge in [0.2, 0.25) is 0 Å². The minimum absolute atomic E-state index is 0.341. The molecule has 2 rings (SSSR count). The Balaban J connectivity index is 2.18. The Labute approximate surface area is 126 Å². The molecular formula is C15H12Cl2O3. The van der Waals surface area contributed by atoms with E-state index in [4.69, 9.17) is 32.4 Å². The van der Waals surface area contributed by atoms with Gasteiger partial charge in [-0.1, -0.05) is 23.2 Å². The third kappa shape index (κ3) is 3.89. The summed E-state index contributed by atoms with van der Waals surface area (Å²) in [5.41, 5.74) is 0.776. The molecule has 2 aromatic rings. The van der Waals surface area contributed by atoms with E-state index in [1.807, 2.05) is 0 Å². The summed E-state index contributed by atoms with van der Waals surface area (Å²) in [7, 11) is 0. The van der Waals surface area contributed by atoms with Crippen LogP contribution in [0.4, 0.5) is 0 Å². The zero-order valence-corrected chi connectivity index (χ0v) is 12.2. The van der Waals surface area contributed by atoms with E-state index in [1.54, 1.807) is 43.3 Å². The summed E-state index contributed by atoms with van der Waals surface area (Å²) in [4.78, 5) is 11.2. The highest BCUT2D eigenvalue weighted by Crippen LogP contribution is 2.28. The highest BCUT2D eigenvalue weighted by molar-refractivity contribution is 6.35. The van der Waals surface area contributed by atoms with Gasteiger partial charge in [0.1, 0.15) is 11.5 Å². The molecule has 1 aromatic carbocycles. The van der Waals surface area contributed by atoms with E-state index in [0.717, 1.165) is 5.56 Å². The highest BCUT2D eigenvalue weighted by atomic mass is 35.5. The number of carbonyl (C=O) groups excluding carboxylic acids is 1. The Morgan fingerprint density at radius 3 is 2.60 bits per heavy atom. The fraction of sp³-hybridized carbons (Fsp3) is 0.133. The van der Waals surface area contributed by atoms with Crippen LogP contribution in [0.15, 0.2) is 40.8 Å². The summed E-state index contributed by atoms with van der Waals surface area (Å²) in [5, 5.41) is 1.07. The van der Waals surface area contributed by atoms with Crippen molar-refractivity contribution in [2.24, 2.45) is 0 Å². The molecule has 0 aliphatic carbocycles. The molecule has 0 amide bonds. The summed E-state index contributed by atoms with van der Waals surface area (Å²) < 4.78 is 10.4. The van der Waals surface area contributed by atoms with Gasteiger partial charge < -0.3 is 9.15 Å². The third-order valence-corrected chi connectivity index (χ3v) is 2.88. The number of halogens is 2. The molecule has 0 aliphatic heterocycles. The molecule has 20 heavy (non-hydrogen) atoms. The standard InChI is InChI=1S/C15H12Cl2O3/c1-2-19-15(18)6-4-13-3-5-14(20-13)10-7-11(16)9-12(17)8-10/h3-9H,2H2,1H3/b6-4+. The summed E-state index contributed by atoms with van der Waals surface area (Å²) in [6, 6.07) is 8.69. The molecule has 0 bridgehead atoms. The zero-order chi connectivity index (χ0) is 14.5. The van der Waals surface area contributed by atoms with E-state index in [1.165, 1.54) is 6.08 Å². The molecule has 1 aromatic heterocycles. The minimum Gasteiger partial charge on any atom is -0.463 e. The minimum atomic E-state index is -0.406. The van der Waals surface area contributed by atoms with Gasteiger partial charge in [-0.3, -0.25) is 0 Å². The topological polar surface area (TPSA) is 39.4 Å². The number of esters is 1. The molecule has 0 spiro atoms. The van der Waals surface area contributed by atoms with Crippen LogP contribution in [-0.4, -0.2) is 12.6 Å². The first kappa shape index (κ1) is 14.7. The molecule has 0 saturated carbocycles. The van der Waals surface area contributed by atoms with Gasteiger partial charge >= 0.3 is 5.97 Å². The van der Waals surface area contributed by atoms with Crippen LogP contribution in [0, 0.1) is 0 Å². The van der Waals surface area contributed by atoms with Gasteiger partial charge in [0, 0.05) is 21.7 Å². The first-order chi connectivity index (χ1) is 9.58. The van der Waals surface area contributed by atoms with Crippen LogP contribution in [0.25, 0.3) is 17.4 Å². The van der Waals surface area contributed by atoms with Gasteiger partial charge in [0.25, 0.3) is 0 Å². The molecule has 0 unspecified atom stereocenters. The van der Waals surface area contributed by atoms with Crippen LogP contribution in [-0.2, 0) is 9.53 Å². The molecule has 0 aliphatic rings.